The highest BCUT2D eigenvalue weighted by atomic mass is 35.5. The fraction of sp³-hybridized carbons (Fsp3) is 0. The molecule has 106 valence electrons. The number of benzene rings is 2. The van der Waals surface area contributed by atoms with Gasteiger partial charge in [0.15, 0.2) is 5.13 Å². The predicted molar refractivity (Wildman–Crippen MR) is 92.3 cm³/mol. The van der Waals surface area contributed by atoms with E-state index in [1.54, 1.807) is 12.1 Å². The molecule has 6 heteroatoms. The third-order valence-electron chi connectivity index (χ3n) is 2.84. The fourth-order valence-corrected chi connectivity index (χ4v) is 3.01. The Morgan fingerprint density at radius 3 is 2.48 bits per heavy atom. The summed E-state index contributed by atoms with van der Waals surface area (Å²) in [4.78, 5) is 4.53. The largest absolute Gasteiger partial charge is 0.330 e. The number of para-hydroxylation sites is 1. The second-order valence-corrected chi connectivity index (χ2v) is 6.35. The molecule has 0 bridgehead atoms. The van der Waals surface area contributed by atoms with Crippen molar-refractivity contribution >= 4 is 57.0 Å². The number of nitrogens with zero attached hydrogens (tertiary/aromatic N) is 1. The van der Waals surface area contributed by atoms with E-state index in [4.69, 9.17) is 34.8 Å². The highest BCUT2D eigenvalue weighted by Gasteiger charge is 2.08. The van der Waals surface area contributed by atoms with Crippen LogP contribution < -0.4 is 5.32 Å². The van der Waals surface area contributed by atoms with Gasteiger partial charge in [-0.3, -0.25) is 0 Å². The van der Waals surface area contributed by atoms with Crippen molar-refractivity contribution in [1.29, 1.82) is 0 Å². The summed E-state index contributed by atoms with van der Waals surface area (Å²) in [6.07, 6.45) is 0. The minimum absolute atomic E-state index is 0.516. The van der Waals surface area contributed by atoms with Crippen LogP contribution in [0, 0.1) is 0 Å². The monoisotopic (exact) mass is 354 g/mol. The molecule has 2 aromatic carbocycles. The van der Waals surface area contributed by atoms with Gasteiger partial charge in [-0.05, 0) is 24.3 Å². The van der Waals surface area contributed by atoms with E-state index in [0.717, 1.165) is 22.1 Å². The highest BCUT2D eigenvalue weighted by molar-refractivity contribution is 7.14. The van der Waals surface area contributed by atoms with Gasteiger partial charge >= 0.3 is 0 Å². The van der Waals surface area contributed by atoms with Crippen molar-refractivity contribution in [2.24, 2.45) is 0 Å². The third-order valence-corrected chi connectivity index (χ3v) is 4.66. The van der Waals surface area contributed by atoms with Crippen LogP contribution in [0.15, 0.2) is 47.8 Å². The SMILES string of the molecule is Clc1ccc(-c2csc(Nc3ccccc3Cl)n2)cc1Cl. The molecule has 1 N–H and O–H groups in total. The van der Waals surface area contributed by atoms with Crippen LogP contribution in [0.4, 0.5) is 10.8 Å². The van der Waals surface area contributed by atoms with Gasteiger partial charge in [-0.15, -0.1) is 11.3 Å². The first kappa shape index (κ1) is 14.7. The summed E-state index contributed by atoms with van der Waals surface area (Å²) in [5, 5.41) is 7.63. The van der Waals surface area contributed by atoms with E-state index in [0.29, 0.717) is 15.1 Å². The van der Waals surface area contributed by atoms with E-state index < -0.39 is 0 Å². The number of aromatic nitrogens is 1. The molecule has 3 rings (SSSR count). The maximum absolute atomic E-state index is 6.12. The summed E-state index contributed by atoms with van der Waals surface area (Å²) in [7, 11) is 0. The van der Waals surface area contributed by atoms with Crippen LogP contribution in [0.2, 0.25) is 15.1 Å². The molecule has 0 aliphatic carbocycles. The van der Waals surface area contributed by atoms with Crippen molar-refractivity contribution in [2.45, 2.75) is 0 Å². The molecule has 0 radical (unpaired) electrons. The van der Waals surface area contributed by atoms with E-state index in [1.807, 2.05) is 35.7 Å². The van der Waals surface area contributed by atoms with Crippen molar-refractivity contribution in [1.82, 2.24) is 4.98 Å². The maximum atomic E-state index is 6.12. The second-order valence-electron chi connectivity index (χ2n) is 4.27. The lowest BCUT2D eigenvalue weighted by Crippen LogP contribution is -1.90. The zero-order valence-corrected chi connectivity index (χ0v) is 13.7. The van der Waals surface area contributed by atoms with Crippen molar-refractivity contribution < 1.29 is 0 Å². The molecule has 21 heavy (non-hydrogen) atoms. The Hall–Kier alpha value is -1.26. The van der Waals surface area contributed by atoms with Crippen LogP contribution in [-0.4, -0.2) is 4.98 Å². The third kappa shape index (κ3) is 3.33. The molecule has 3 aromatic rings. The fourth-order valence-electron chi connectivity index (χ4n) is 1.80. The number of hydrogen-bond acceptors (Lipinski definition) is 3. The van der Waals surface area contributed by atoms with Crippen molar-refractivity contribution in [3.63, 3.8) is 0 Å². The van der Waals surface area contributed by atoms with Crippen LogP contribution in [-0.2, 0) is 0 Å². The highest BCUT2D eigenvalue weighted by Crippen LogP contribution is 2.32. The minimum atomic E-state index is 0.516. The zero-order chi connectivity index (χ0) is 14.8. The Morgan fingerprint density at radius 1 is 0.905 bits per heavy atom. The number of nitrogens with one attached hydrogen (secondary N) is 1. The molecular formula is C15H9Cl3N2S. The molecule has 1 heterocycles. The molecule has 1 aromatic heterocycles. The van der Waals surface area contributed by atoms with E-state index in [2.05, 4.69) is 10.3 Å². The minimum Gasteiger partial charge on any atom is -0.330 e. The lowest BCUT2D eigenvalue weighted by Gasteiger charge is -2.04. The Bertz CT molecular complexity index is 786. The zero-order valence-electron chi connectivity index (χ0n) is 10.6. The number of rotatable bonds is 3. The molecule has 0 aliphatic heterocycles. The van der Waals surface area contributed by atoms with Gasteiger partial charge in [-0.1, -0.05) is 53.0 Å². The van der Waals surface area contributed by atoms with Crippen LogP contribution in [0.3, 0.4) is 0 Å². The normalized spacial score (nSPS) is 10.6. The number of thiazole rings is 1. The van der Waals surface area contributed by atoms with Gasteiger partial charge < -0.3 is 5.32 Å². The maximum Gasteiger partial charge on any atom is 0.187 e. The van der Waals surface area contributed by atoms with Gasteiger partial charge in [0.1, 0.15) is 0 Å². The molecule has 0 fully saturated rings. The van der Waals surface area contributed by atoms with Crippen molar-refractivity contribution in [2.75, 3.05) is 5.32 Å². The van der Waals surface area contributed by atoms with Crippen LogP contribution in [0.5, 0.6) is 0 Å². The van der Waals surface area contributed by atoms with Crippen molar-refractivity contribution in [3.8, 4) is 11.3 Å². The molecule has 0 atom stereocenters. The summed E-state index contributed by atoms with van der Waals surface area (Å²) in [5.74, 6) is 0. The smallest absolute Gasteiger partial charge is 0.187 e. The number of halogens is 3. The summed E-state index contributed by atoms with van der Waals surface area (Å²) < 4.78 is 0. The Kier molecular flexibility index (Phi) is 4.36. The molecule has 0 spiro atoms. The Balaban J connectivity index is 1.86. The first-order valence-corrected chi connectivity index (χ1v) is 8.07. The lowest BCUT2D eigenvalue weighted by molar-refractivity contribution is 1.38. The van der Waals surface area contributed by atoms with Gasteiger partial charge in [0.05, 0.1) is 26.4 Å². The van der Waals surface area contributed by atoms with Gasteiger partial charge in [0.25, 0.3) is 0 Å². The van der Waals surface area contributed by atoms with Crippen LogP contribution in [0.1, 0.15) is 0 Å². The van der Waals surface area contributed by atoms with Crippen LogP contribution in [0.25, 0.3) is 11.3 Å². The summed E-state index contributed by atoms with van der Waals surface area (Å²) in [6.45, 7) is 0. The average Bonchev–Trinajstić information content (AvgIpc) is 2.93. The summed E-state index contributed by atoms with van der Waals surface area (Å²) >= 11 is 19.6. The standard InChI is InChI=1S/C15H9Cl3N2S/c16-10-6-5-9(7-12(10)18)14-8-21-15(20-14)19-13-4-2-1-3-11(13)17/h1-8H,(H,19,20). The van der Waals surface area contributed by atoms with Gasteiger partial charge in [0.2, 0.25) is 0 Å². The van der Waals surface area contributed by atoms with E-state index >= 15 is 0 Å². The lowest BCUT2D eigenvalue weighted by atomic mass is 10.2. The van der Waals surface area contributed by atoms with E-state index in [1.165, 1.54) is 11.3 Å². The summed E-state index contributed by atoms with van der Waals surface area (Å²) in [5.41, 5.74) is 2.59. The second kappa shape index (κ2) is 6.24. The number of anilines is 2. The summed E-state index contributed by atoms with van der Waals surface area (Å²) in [6, 6.07) is 13.0. The van der Waals surface area contributed by atoms with E-state index in [-0.39, 0.29) is 0 Å². The molecule has 0 unspecified atom stereocenters. The topological polar surface area (TPSA) is 24.9 Å². The molecule has 0 saturated heterocycles. The first-order chi connectivity index (χ1) is 10.1. The van der Waals surface area contributed by atoms with Gasteiger partial charge in [-0.2, -0.15) is 0 Å². The van der Waals surface area contributed by atoms with Gasteiger partial charge in [-0.25, -0.2) is 4.98 Å². The Morgan fingerprint density at radius 2 is 1.71 bits per heavy atom. The molecule has 0 aliphatic rings. The average molecular weight is 356 g/mol. The molecular weight excluding hydrogens is 347 g/mol. The quantitative estimate of drug-likeness (QED) is 0.579. The van der Waals surface area contributed by atoms with E-state index in [9.17, 15) is 0 Å². The Labute approximate surface area is 141 Å². The first-order valence-electron chi connectivity index (χ1n) is 6.06. The molecule has 2 nitrogen and oxygen atoms in total. The number of hydrogen-bond donors (Lipinski definition) is 1. The van der Waals surface area contributed by atoms with Crippen LogP contribution >= 0.6 is 46.1 Å². The molecule has 0 saturated carbocycles. The predicted octanol–water partition coefficient (Wildman–Crippen LogP) is 6.51. The van der Waals surface area contributed by atoms with Gasteiger partial charge in [0, 0.05) is 10.9 Å². The molecule has 0 amide bonds. The van der Waals surface area contributed by atoms with Crippen molar-refractivity contribution in [3.05, 3.63) is 62.9 Å².